The highest BCUT2D eigenvalue weighted by Crippen LogP contribution is 2.19. The summed E-state index contributed by atoms with van der Waals surface area (Å²) in [7, 11) is -1.35. The van der Waals surface area contributed by atoms with Gasteiger partial charge >= 0.3 is 0 Å². The summed E-state index contributed by atoms with van der Waals surface area (Å²) in [4.78, 5) is 13.7. The van der Waals surface area contributed by atoms with Crippen molar-refractivity contribution >= 4 is 15.7 Å². The number of nitrogens with zero attached hydrogens (tertiary/aromatic N) is 2. The van der Waals surface area contributed by atoms with Crippen molar-refractivity contribution in [1.82, 2.24) is 15.1 Å². The van der Waals surface area contributed by atoms with Gasteiger partial charge in [0.1, 0.15) is 0 Å². The molecule has 1 fully saturated rings. The molecule has 0 spiro atoms. The first-order valence-electron chi connectivity index (χ1n) is 5.81. The van der Waals surface area contributed by atoms with E-state index in [4.69, 9.17) is 0 Å². The maximum Gasteiger partial charge on any atom is 0.274 e. The quantitative estimate of drug-likeness (QED) is 0.837. The van der Waals surface area contributed by atoms with Crippen LogP contribution in [0.4, 0.5) is 0 Å². The Hall–Kier alpha value is -1.37. The van der Waals surface area contributed by atoms with Gasteiger partial charge in [-0.15, -0.1) is 0 Å². The minimum absolute atomic E-state index is 0.0533. The number of aromatic amines is 1. The van der Waals surface area contributed by atoms with E-state index in [2.05, 4.69) is 10.2 Å². The topological polar surface area (TPSA) is 83.1 Å². The Labute approximate surface area is 106 Å². The van der Waals surface area contributed by atoms with Crippen LogP contribution >= 0.6 is 0 Å². The maximum absolute atomic E-state index is 12.2. The van der Waals surface area contributed by atoms with Crippen LogP contribution in [0.25, 0.3) is 0 Å². The molecule has 6 nitrogen and oxygen atoms in total. The molecule has 100 valence electrons. The number of amides is 1. The van der Waals surface area contributed by atoms with Crippen LogP contribution < -0.4 is 0 Å². The van der Waals surface area contributed by atoms with Crippen molar-refractivity contribution in [2.75, 3.05) is 18.6 Å². The van der Waals surface area contributed by atoms with E-state index in [1.807, 2.05) is 13.8 Å². The fourth-order valence-electron chi connectivity index (χ4n) is 2.11. The summed E-state index contributed by atoms with van der Waals surface area (Å²) in [5.41, 5.74) is 2.04. The Bertz CT molecular complexity index is 576. The zero-order valence-corrected chi connectivity index (χ0v) is 11.5. The second kappa shape index (κ2) is 4.38. The highest BCUT2D eigenvalue weighted by atomic mass is 32.2. The predicted molar refractivity (Wildman–Crippen MR) is 67.2 cm³/mol. The number of carbonyl (C=O) groups excluding carboxylic acids is 1. The van der Waals surface area contributed by atoms with Crippen LogP contribution in [0.3, 0.4) is 0 Å². The fourth-order valence-corrected chi connectivity index (χ4v) is 3.88. The van der Waals surface area contributed by atoms with Crippen LogP contribution in [0.5, 0.6) is 0 Å². The Morgan fingerprint density at radius 1 is 1.44 bits per heavy atom. The lowest BCUT2D eigenvalue weighted by Crippen LogP contribution is -2.38. The molecule has 1 aliphatic heterocycles. The van der Waals surface area contributed by atoms with Gasteiger partial charge in [0.2, 0.25) is 0 Å². The molecule has 1 aromatic heterocycles. The lowest BCUT2D eigenvalue weighted by atomic mass is 10.1. The van der Waals surface area contributed by atoms with Gasteiger partial charge in [0.25, 0.3) is 5.91 Å². The first kappa shape index (κ1) is 13.1. The second-order valence-electron chi connectivity index (χ2n) is 4.80. The van der Waals surface area contributed by atoms with E-state index in [0.29, 0.717) is 12.1 Å². The minimum atomic E-state index is -2.98. The summed E-state index contributed by atoms with van der Waals surface area (Å²) in [6.45, 7) is 3.67. The van der Waals surface area contributed by atoms with E-state index in [-0.39, 0.29) is 23.5 Å². The molecular weight excluding hydrogens is 254 g/mol. The molecule has 0 bridgehead atoms. The van der Waals surface area contributed by atoms with Gasteiger partial charge in [-0.1, -0.05) is 0 Å². The van der Waals surface area contributed by atoms with Gasteiger partial charge < -0.3 is 4.90 Å². The van der Waals surface area contributed by atoms with Crippen LogP contribution in [-0.4, -0.2) is 54.0 Å². The van der Waals surface area contributed by atoms with Crippen LogP contribution in [0.1, 0.15) is 28.2 Å². The smallest absolute Gasteiger partial charge is 0.274 e. The highest BCUT2D eigenvalue weighted by Gasteiger charge is 2.34. The summed E-state index contributed by atoms with van der Waals surface area (Å²) in [6, 6.07) is -0.237. The second-order valence-corrected chi connectivity index (χ2v) is 7.02. The van der Waals surface area contributed by atoms with Crippen molar-refractivity contribution in [1.29, 1.82) is 0 Å². The van der Waals surface area contributed by atoms with Crippen LogP contribution in [0, 0.1) is 13.8 Å². The summed E-state index contributed by atoms with van der Waals surface area (Å²) < 4.78 is 22.8. The van der Waals surface area contributed by atoms with Gasteiger partial charge in [0.15, 0.2) is 15.5 Å². The third-order valence-corrected chi connectivity index (χ3v) is 5.28. The zero-order valence-electron chi connectivity index (χ0n) is 10.7. The molecular formula is C11H17N3O3S. The summed E-state index contributed by atoms with van der Waals surface area (Å²) >= 11 is 0. The molecule has 0 aliphatic carbocycles. The first-order valence-corrected chi connectivity index (χ1v) is 7.63. The Morgan fingerprint density at radius 3 is 2.56 bits per heavy atom. The van der Waals surface area contributed by atoms with Gasteiger partial charge in [-0.25, -0.2) is 8.42 Å². The van der Waals surface area contributed by atoms with Crippen LogP contribution in [0.15, 0.2) is 0 Å². The average Bonchev–Trinajstić information content (AvgIpc) is 2.82. The summed E-state index contributed by atoms with van der Waals surface area (Å²) in [5, 5.41) is 6.74. The van der Waals surface area contributed by atoms with Crippen molar-refractivity contribution in [3.05, 3.63) is 17.0 Å². The lowest BCUT2D eigenvalue weighted by Gasteiger charge is -2.22. The van der Waals surface area contributed by atoms with Gasteiger partial charge in [0, 0.05) is 24.3 Å². The number of rotatable bonds is 2. The third-order valence-electron chi connectivity index (χ3n) is 3.53. The number of hydrogen-bond donors (Lipinski definition) is 1. The molecule has 1 unspecified atom stereocenters. The number of carbonyl (C=O) groups is 1. The number of sulfone groups is 1. The van der Waals surface area contributed by atoms with E-state index < -0.39 is 9.84 Å². The average molecular weight is 271 g/mol. The lowest BCUT2D eigenvalue weighted by molar-refractivity contribution is 0.0741. The molecule has 1 aromatic rings. The van der Waals surface area contributed by atoms with E-state index in [9.17, 15) is 13.2 Å². The Kier molecular flexibility index (Phi) is 3.18. The molecule has 1 amide bonds. The number of aromatic nitrogens is 2. The summed E-state index contributed by atoms with van der Waals surface area (Å²) in [5.74, 6) is -0.00935. The fraction of sp³-hybridized carbons (Fsp3) is 0.636. The zero-order chi connectivity index (χ0) is 13.5. The molecule has 1 saturated heterocycles. The number of hydrogen-bond acceptors (Lipinski definition) is 4. The molecule has 1 atom stereocenters. The molecule has 1 N–H and O–H groups in total. The SMILES string of the molecule is Cc1[nH]nc(C(=O)N(C)C2CCS(=O)(=O)C2)c1C. The molecule has 0 aromatic carbocycles. The van der Waals surface area contributed by atoms with Crippen molar-refractivity contribution in [2.24, 2.45) is 0 Å². The standard InChI is InChI=1S/C11H17N3O3S/c1-7-8(2)12-13-10(7)11(15)14(3)9-4-5-18(16,17)6-9/h9H,4-6H2,1-3H3,(H,12,13). The first-order chi connectivity index (χ1) is 8.32. The predicted octanol–water partition coefficient (Wildman–Crippen LogP) is 0.286. The van der Waals surface area contributed by atoms with E-state index in [1.54, 1.807) is 7.05 Å². The van der Waals surface area contributed by atoms with E-state index in [1.165, 1.54) is 4.90 Å². The molecule has 18 heavy (non-hydrogen) atoms. The summed E-state index contributed by atoms with van der Waals surface area (Å²) in [6.07, 6.45) is 0.507. The monoisotopic (exact) mass is 271 g/mol. The van der Waals surface area contributed by atoms with Crippen molar-refractivity contribution < 1.29 is 13.2 Å². The van der Waals surface area contributed by atoms with Gasteiger partial charge in [0.05, 0.1) is 11.5 Å². The number of aryl methyl sites for hydroxylation is 1. The number of H-pyrrole nitrogens is 1. The van der Waals surface area contributed by atoms with E-state index >= 15 is 0 Å². The van der Waals surface area contributed by atoms with Crippen molar-refractivity contribution in [3.63, 3.8) is 0 Å². The molecule has 7 heteroatoms. The third kappa shape index (κ3) is 2.27. The normalized spacial score (nSPS) is 22.1. The molecule has 2 rings (SSSR count). The van der Waals surface area contributed by atoms with Crippen LogP contribution in [0.2, 0.25) is 0 Å². The van der Waals surface area contributed by atoms with Gasteiger partial charge in [-0.3, -0.25) is 9.89 Å². The molecule has 0 radical (unpaired) electrons. The minimum Gasteiger partial charge on any atom is -0.336 e. The van der Waals surface area contributed by atoms with Gasteiger partial charge in [-0.05, 0) is 20.3 Å². The highest BCUT2D eigenvalue weighted by molar-refractivity contribution is 7.91. The largest absolute Gasteiger partial charge is 0.336 e. The van der Waals surface area contributed by atoms with E-state index in [0.717, 1.165) is 11.3 Å². The molecule has 2 heterocycles. The van der Waals surface area contributed by atoms with Crippen LogP contribution in [-0.2, 0) is 9.84 Å². The molecule has 0 saturated carbocycles. The van der Waals surface area contributed by atoms with Crippen molar-refractivity contribution in [3.8, 4) is 0 Å². The Balaban J connectivity index is 2.17. The molecule has 1 aliphatic rings. The number of nitrogens with one attached hydrogen (secondary N) is 1. The van der Waals surface area contributed by atoms with Gasteiger partial charge in [-0.2, -0.15) is 5.10 Å². The maximum atomic E-state index is 12.2. The van der Waals surface area contributed by atoms with Crippen molar-refractivity contribution in [2.45, 2.75) is 26.3 Å². The Morgan fingerprint density at radius 2 is 2.11 bits per heavy atom.